The molecule has 1 atom stereocenters. The maximum atomic E-state index is 12.5. The van der Waals surface area contributed by atoms with E-state index in [1.165, 1.54) is 0 Å². The van der Waals surface area contributed by atoms with Crippen molar-refractivity contribution in [1.82, 2.24) is 15.2 Å². The molecule has 0 saturated carbocycles. The Hall–Kier alpha value is -2.11. The lowest BCUT2D eigenvalue weighted by Crippen LogP contribution is -2.55. The Bertz CT molecular complexity index is 545. The fraction of sp³-hybridized carbons (Fsp3) is 0.588. The zero-order valence-electron chi connectivity index (χ0n) is 14.4. The first-order valence-corrected chi connectivity index (χ1v) is 8.05. The summed E-state index contributed by atoms with van der Waals surface area (Å²) in [5, 5.41) is 2.80. The van der Waals surface area contributed by atoms with Crippen LogP contribution >= 0.6 is 0 Å². The van der Waals surface area contributed by atoms with Gasteiger partial charge in [0, 0.05) is 37.8 Å². The Kier molecular flexibility index (Phi) is 5.23. The van der Waals surface area contributed by atoms with E-state index in [9.17, 15) is 9.59 Å². The van der Waals surface area contributed by atoms with Crippen molar-refractivity contribution in [1.29, 1.82) is 0 Å². The molecule has 126 valence electrons. The molecule has 2 heterocycles. The molecule has 2 amide bonds. The van der Waals surface area contributed by atoms with E-state index in [1.54, 1.807) is 13.1 Å². The number of nitrogens with one attached hydrogen (secondary N) is 1. The number of aromatic nitrogens is 1. The van der Waals surface area contributed by atoms with E-state index in [1.807, 2.05) is 43.9 Å². The third kappa shape index (κ3) is 4.43. The average Bonchev–Trinajstić information content (AvgIpc) is 2.54. The summed E-state index contributed by atoms with van der Waals surface area (Å²) in [7, 11) is 0. The molecule has 0 spiro atoms. The summed E-state index contributed by atoms with van der Waals surface area (Å²) in [5.74, 6) is 0.808. The van der Waals surface area contributed by atoms with E-state index in [-0.39, 0.29) is 11.8 Å². The monoisotopic (exact) mass is 318 g/mol. The molecule has 1 fully saturated rings. The molecule has 0 aromatic carbocycles. The van der Waals surface area contributed by atoms with Crippen molar-refractivity contribution in [2.24, 2.45) is 5.41 Å². The van der Waals surface area contributed by atoms with Crippen molar-refractivity contribution in [2.45, 2.75) is 33.7 Å². The molecule has 1 aliphatic rings. The maximum absolute atomic E-state index is 12.5. The van der Waals surface area contributed by atoms with E-state index in [0.29, 0.717) is 13.1 Å². The molecule has 1 N–H and O–H groups in total. The molecular weight excluding hydrogens is 292 g/mol. The van der Waals surface area contributed by atoms with Gasteiger partial charge in [0.25, 0.3) is 0 Å². The first-order valence-electron chi connectivity index (χ1n) is 8.05. The number of rotatable bonds is 3. The van der Waals surface area contributed by atoms with Gasteiger partial charge in [-0.3, -0.25) is 9.59 Å². The van der Waals surface area contributed by atoms with Crippen LogP contribution in [0.25, 0.3) is 0 Å². The van der Waals surface area contributed by atoms with Gasteiger partial charge in [-0.2, -0.15) is 0 Å². The highest BCUT2D eigenvalue weighted by Gasteiger charge is 2.29. The second kappa shape index (κ2) is 6.98. The second-order valence-corrected chi connectivity index (χ2v) is 6.95. The normalized spacial score (nSPS) is 16.9. The Labute approximate surface area is 137 Å². The SMILES string of the molecule is C[C@@H](NC(=O)C(C)(C)C)C(=O)N1CCN(c2ccccn2)CC1. The summed E-state index contributed by atoms with van der Waals surface area (Å²) in [4.78, 5) is 32.8. The largest absolute Gasteiger partial charge is 0.353 e. The quantitative estimate of drug-likeness (QED) is 0.912. The van der Waals surface area contributed by atoms with Crippen LogP contribution in [0.4, 0.5) is 5.82 Å². The molecule has 0 bridgehead atoms. The van der Waals surface area contributed by atoms with E-state index in [0.717, 1.165) is 18.9 Å². The molecular formula is C17H26N4O2. The molecule has 1 aromatic rings. The third-order valence-electron chi connectivity index (χ3n) is 3.96. The molecule has 0 radical (unpaired) electrons. The molecule has 0 aliphatic carbocycles. The molecule has 1 aliphatic heterocycles. The molecule has 1 saturated heterocycles. The fourth-order valence-electron chi connectivity index (χ4n) is 2.45. The summed E-state index contributed by atoms with van der Waals surface area (Å²) in [6.07, 6.45) is 1.77. The maximum Gasteiger partial charge on any atom is 0.244 e. The lowest BCUT2D eigenvalue weighted by molar-refractivity contribution is -0.138. The minimum atomic E-state index is -0.497. The molecule has 23 heavy (non-hydrogen) atoms. The molecule has 0 unspecified atom stereocenters. The van der Waals surface area contributed by atoms with Crippen LogP contribution in [0, 0.1) is 5.41 Å². The molecule has 6 heteroatoms. The van der Waals surface area contributed by atoms with E-state index in [4.69, 9.17) is 0 Å². The summed E-state index contributed by atoms with van der Waals surface area (Å²) in [6, 6.07) is 5.33. The van der Waals surface area contributed by atoms with Crippen molar-refractivity contribution in [2.75, 3.05) is 31.1 Å². The summed E-state index contributed by atoms with van der Waals surface area (Å²) >= 11 is 0. The standard InChI is InChI=1S/C17H26N4O2/c1-13(19-16(23)17(2,3)4)15(22)21-11-9-20(10-12-21)14-7-5-6-8-18-14/h5-8,13H,9-12H2,1-4H3,(H,19,23)/t13-/m1/s1. The number of nitrogens with zero attached hydrogens (tertiary/aromatic N) is 3. The number of carbonyl (C=O) groups is 2. The van der Waals surface area contributed by atoms with E-state index in [2.05, 4.69) is 15.2 Å². The second-order valence-electron chi connectivity index (χ2n) is 6.95. The van der Waals surface area contributed by atoms with E-state index < -0.39 is 11.5 Å². The highest BCUT2D eigenvalue weighted by atomic mass is 16.2. The van der Waals surface area contributed by atoms with Gasteiger partial charge in [0.05, 0.1) is 0 Å². The Morgan fingerprint density at radius 2 is 1.83 bits per heavy atom. The molecule has 6 nitrogen and oxygen atoms in total. The summed E-state index contributed by atoms with van der Waals surface area (Å²) in [6.45, 7) is 10.1. The topological polar surface area (TPSA) is 65.5 Å². The van der Waals surface area contributed by atoms with Crippen molar-refractivity contribution < 1.29 is 9.59 Å². The first-order chi connectivity index (χ1) is 10.8. The number of pyridine rings is 1. The van der Waals surface area contributed by atoms with Crippen molar-refractivity contribution in [3.8, 4) is 0 Å². The van der Waals surface area contributed by atoms with Crippen LogP contribution in [0.1, 0.15) is 27.7 Å². The predicted octanol–water partition coefficient (Wildman–Crippen LogP) is 1.28. The van der Waals surface area contributed by atoms with Gasteiger partial charge in [0.15, 0.2) is 0 Å². The fourth-order valence-corrected chi connectivity index (χ4v) is 2.45. The zero-order valence-corrected chi connectivity index (χ0v) is 14.4. The van der Waals surface area contributed by atoms with Crippen molar-refractivity contribution in [3.63, 3.8) is 0 Å². The van der Waals surface area contributed by atoms with Crippen molar-refractivity contribution in [3.05, 3.63) is 24.4 Å². The van der Waals surface area contributed by atoms with Crippen LogP contribution in [-0.4, -0.2) is 53.9 Å². The van der Waals surface area contributed by atoms with Gasteiger partial charge in [0.1, 0.15) is 11.9 Å². The van der Waals surface area contributed by atoms with Crippen molar-refractivity contribution >= 4 is 17.6 Å². The average molecular weight is 318 g/mol. The lowest BCUT2D eigenvalue weighted by atomic mass is 9.95. The Morgan fingerprint density at radius 1 is 1.17 bits per heavy atom. The van der Waals surface area contributed by atoms with Crippen LogP contribution in [0.15, 0.2) is 24.4 Å². The lowest BCUT2D eigenvalue weighted by Gasteiger charge is -2.36. The van der Waals surface area contributed by atoms with Gasteiger partial charge < -0.3 is 15.1 Å². The number of amides is 2. The van der Waals surface area contributed by atoms with Gasteiger partial charge in [-0.1, -0.05) is 26.8 Å². The summed E-state index contributed by atoms with van der Waals surface area (Å²) < 4.78 is 0. The number of hydrogen-bond acceptors (Lipinski definition) is 4. The van der Waals surface area contributed by atoms with Crippen LogP contribution < -0.4 is 10.2 Å². The smallest absolute Gasteiger partial charge is 0.244 e. The number of piperazine rings is 1. The molecule has 2 rings (SSSR count). The van der Waals surface area contributed by atoms with Gasteiger partial charge in [-0.05, 0) is 19.1 Å². The number of hydrogen-bond donors (Lipinski definition) is 1. The van der Waals surface area contributed by atoms with Crippen LogP contribution in [0.5, 0.6) is 0 Å². The minimum Gasteiger partial charge on any atom is -0.353 e. The highest BCUT2D eigenvalue weighted by molar-refractivity contribution is 5.89. The van der Waals surface area contributed by atoms with Crippen LogP contribution in [0.3, 0.4) is 0 Å². The number of carbonyl (C=O) groups excluding carboxylic acids is 2. The van der Waals surface area contributed by atoms with Crippen LogP contribution in [0.2, 0.25) is 0 Å². The van der Waals surface area contributed by atoms with Gasteiger partial charge in [-0.15, -0.1) is 0 Å². The van der Waals surface area contributed by atoms with Crippen LogP contribution in [-0.2, 0) is 9.59 Å². The summed E-state index contributed by atoms with van der Waals surface area (Å²) in [5.41, 5.74) is -0.494. The number of anilines is 1. The Morgan fingerprint density at radius 3 is 2.35 bits per heavy atom. The van der Waals surface area contributed by atoms with Gasteiger partial charge in [-0.25, -0.2) is 4.98 Å². The van der Waals surface area contributed by atoms with Gasteiger partial charge in [0.2, 0.25) is 11.8 Å². The van der Waals surface area contributed by atoms with E-state index >= 15 is 0 Å². The predicted molar refractivity (Wildman–Crippen MR) is 90.1 cm³/mol. The minimum absolute atomic E-state index is 0.0247. The third-order valence-corrected chi connectivity index (χ3v) is 3.96. The highest BCUT2D eigenvalue weighted by Crippen LogP contribution is 2.15. The van der Waals surface area contributed by atoms with Gasteiger partial charge >= 0.3 is 0 Å². The first kappa shape index (κ1) is 17.2. The Balaban J connectivity index is 1.87. The molecule has 1 aromatic heterocycles. The zero-order chi connectivity index (χ0) is 17.0.